The van der Waals surface area contributed by atoms with Crippen LogP contribution >= 0.6 is 11.6 Å². The zero-order valence-corrected chi connectivity index (χ0v) is 15.2. The molecule has 2 aromatic carbocycles. The van der Waals surface area contributed by atoms with E-state index in [4.69, 9.17) is 11.6 Å². The fraction of sp³-hybridized carbons (Fsp3) is 0.238. The number of aliphatic hydroxyl groups excluding tert-OH is 1. The molecule has 0 aliphatic carbocycles. The quantitative estimate of drug-likeness (QED) is 0.477. The van der Waals surface area contributed by atoms with Crippen LogP contribution in [0.3, 0.4) is 0 Å². The largest absolute Gasteiger partial charge is 0.507 e. The van der Waals surface area contributed by atoms with Gasteiger partial charge >= 0.3 is 0 Å². The van der Waals surface area contributed by atoms with Crippen molar-refractivity contribution in [2.45, 2.75) is 25.8 Å². The predicted molar refractivity (Wildman–Crippen MR) is 102 cm³/mol. The number of hydrogen-bond donors (Lipinski definition) is 1. The number of amides is 1. The second kappa shape index (κ2) is 7.75. The lowest BCUT2D eigenvalue weighted by Crippen LogP contribution is -2.30. The van der Waals surface area contributed by atoms with Crippen LogP contribution in [0.25, 0.3) is 5.76 Å². The van der Waals surface area contributed by atoms with E-state index in [9.17, 15) is 14.7 Å². The molecule has 0 radical (unpaired) electrons. The number of unbranched alkanes of at least 4 members (excludes halogenated alkanes) is 1. The van der Waals surface area contributed by atoms with Crippen LogP contribution in [0.4, 0.5) is 0 Å². The van der Waals surface area contributed by atoms with E-state index in [0.29, 0.717) is 17.1 Å². The third-order valence-corrected chi connectivity index (χ3v) is 4.78. The van der Waals surface area contributed by atoms with Gasteiger partial charge in [0.05, 0.1) is 11.6 Å². The van der Waals surface area contributed by atoms with E-state index in [1.807, 2.05) is 13.0 Å². The molecule has 1 atom stereocenters. The van der Waals surface area contributed by atoms with Gasteiger partial charge in [-0.05, 0) is 24.1 Å². The highest BCUT2D eigenvalue weighted by atomic mass is 35.5. The summed E-state index contributed by atoms with van der Waals surface area (Å²) in [7, 11) is 0. The van der Waals surface area contributed by atoms with Crippen molar-refractivity contribution in [3.63, 3.8) is 0 Å². The summed E-state index contributed by atoms with van der Waals surface area (Å²) < 4.78 is 0. The lowest BCUT2D eigenvalue weighted by molar-refractivity contribution is -0.139. The maximum atomic E-state index is 12.7. The van der Waals surface area contributed by atoms with Crippen LogP contribution in [-0.4, -0.2) is 28.2 Å². The lowest BCUT2D eigenvalue weighted by atomic mass is 9.95. The molecule has 4 nitrogen and oxygen atoms in total. The van der Waals surface area contributed by atoms with Crippen LogP contribution in [0.15, 0.2) is 60.2 Å². The molecule has 1 saturated heterocycles. The number of Topliss-reactive ketones (excluding diaryl/α,β-unsaturated/α-hetero) is 1. The van der Waals surface area contributed by atoms with Gasteiger partial charge in [-0.1, -0.05) is 67.4 Å². The Kier molecular flexibility index (Phi) is 5.43. The van der Waals surface area contributed by atoms with Crippen LogP contribution < -0.4 is 0 Å². The Balaban J connectivity index is 2.15. The van der Waals surface area contributed by atoms with Crippen molar-refractivity contribution < 1.29 is 14.7 Å². The van der Waals surface area contributed by atoms with Gasteiger partial charge in [-0.15, -0.1) is 0 Å². The summed E-state index contributed by atoms with van der Waals surface area (Å²) in [4.78, 5) is 26.9. The van der Waals surface area contributed by atoms with Gasteiger partial charge in [0.25, 0.3) is 11.7 Å². The van der Waals surface area contributed by atoms with E-state index in [1.165, 1.54) is 0 Å². The summed E-state index contributed by atoms with van der Waals surface area (Å²) in [5.41, 5.74) is 1.39. The fourth-order valence-electron chi connectivity index (χ4n) is 3.18. The van der Waals surface area contributed by atoms with Crippen molar-refractivity contribution in [1.82, 2.24) is 4.90 Å². The van der Waals surface area contributed by atoms with Gasteiger partial charge in [-0.2, -0.15) is 0 Å². The number of likely N-dealkylation sites (tertiary alicyclic amines) is 1. The Hall–Kier alpha value is -2.59. The molecular weight excluding hydrogens is 350 g/mol. The summed E-state index contributed by atoms with van der Waals surface area (Å²) in [6.45, 7) is 2.48. The molecule has 0 bridgehead atoms. The second-order valence-corrected chi connectivity index (χ2v) is 6.70. The summed E-state index contributed by atoms with van der Waals surface area (Å²) >= 11 is 5.98. The molecule has 1 fully saturated rings. The molecule has 1 aliphatic heterocycles. The highest BCUT2D eigenvalue weighted by Gasteiger charge is 2.45. The van der Waals surface area contributed by atoms with Gasteiger partial charge in [0.15, 0.2) is 0 Å². The number of carbonyl (C=O) groups excluding carboxylic acids is 2. The minimum absolute atomic E-state index is 0.125. The van der Waals surface area contributed by atoms with E-state index in [0.717, 1.165) is 18.4 Å². The summed E-state index contributed by atoms with van der Waals surface area (Å²) in [6, 6.07) is 15.2. The van der Waals surface area contributed by atoms with Crippen LogP contribution in [0, 0.1) is 0 Å². The maximum absolute atomic E-state index is 12.7. The third-order valence-electron chi connectivity index (χ3n) is 4.53. The predicted octanol–water partition coefficient (Wildman–Crippen LogP) is 4.56. The first-order valence-corrected chi connectivity index (χ1v) is 9.01. The smallest absolute Gasteiger partial charge is 0.295 e. The molecule has 3 rings (SSSR count). The number of nitrogens with zero attached hydrogens (tertiary/aromatic N) is 1. The van der Waals surface area contributed by atoms with Crippen LogP contribution in [0.2, 0.25) is 5.02 Å². The minimum Gasteiger partial charge on any atom is -0.507 e. The Morgan fingerprint density at radius 3 is 2.35 bits per heavy atom. The summed E-state index contributed by atoms with van der Waals surface area (Å²) in [5.74, 6) is -1.37. The standard InChI is InChI=1S/C21H20ClNO3/c1-2-3-13-23-18(14-9-11-16(22)12-10-14)17(20(25)21(23)26)19(24)15-7-5-4-6-8-15/h4-12,18,24H,2-3,13H2,1H3/t18-/m1/s1. The molecule has 5 heteroatoms. The molecular formula is C21H20ClNO3. The first-order chi connectivity index (χ1) is 12.5. The van der Waals surface area contributed by atoms with Crippen molar-refractivity contribution in [2.75, 3.05) is 6.54 Å². The lowest BCUT2D eigenvalue weighted by Gasteiger charge is -2.25. The molecule has 0 spiro atoms. The molecule has 1 heterocycles. The SMILES string of the molecule is CCCCN1C(=O)C(=O)C(=C(O)c2ccccc2)[C@H]1c1ccc(Cl)cc1. The molecule has 0 saturated carbocycles. The first-order valence-electron chi connectivity index (χ1n) is 8.64. The van der Waals surface area contributed by atoms with Gasteiger partial charge in [0.1, 0.15) is 5.76 Å². The van der Waals surface area contributed by atoms with E-state index >= 15 is 0 Å². The van der Waals surface area contributed by atoms with E-state index in [-0.39, 0.29) is 11.3 Å². The number of aliphatic hydroxyl groups is 1. The number of carbonyl (C=O) groups is 2. The highest BCUT2D eigenvalue weighted by Crippen LogP contribution is 2.39. The first kappa shape index (κ1) is 18.2. The average Bonchev–Trinajstić information content (AvgIpc) is 2.91. The van der Waals surface area contributed by atoms with E-state index in [1.54, 1.807) is 53.4 Å². The van der Waals surface area contributed by atoms with Gasteiger partial charge < -0.3 is 10.0 Å². The number of ketones is 1. The molecule has 0 unspecified atom stereocenters. The zero-order valence-electron chi connectivity index (χ0n) is 14.5. The van der Waals surface area contributed by atoms with Gasteiger partial charge in [0.2, 0.25) is 0 Å². The Bertz CT molecular complexity index is 843. The molecule has 2 aromatic rings. The van der Waals surface area contributed by atoms with Gasteiger partial charge in [-0.3, -0.25) is 9.59 Å². The molecule has 1 N–H and O–H groups in total. The van der Waals surface area contributed by atoms with Crippen molar-refractivity contribution in [3.8, 4) is 0 Å². The fourth-order valence-corrected chi connectivity index (χ4v) is 3.31. The van der Waals surface area contributed by atoms with Crippen molar-refractivity contribution in [2.24, 2.45) is 0 Å². The number of hydrogen-bond acceptors (Lipinski definition) is 3. The van der Waals surface area contributed by atoms with Gasteiger partial charge in [-0.25, -0.2) is 0 Å². The Labute approximate surface area is 157 Å². The number of halogens is 1. The maximum Gasteiger partial charge on any atom is 0.295 e. The Morgan fingerprint density at radius 2 is 1.73 bits per heavy atom. The minimum atomic E-state index is -0.651. The summed E-state index contributed by atoms with van der Waals surface area (Å²) in [5, 5.41) is 11.4. The Morgan fingerprint density at radius 1 is 1.08 bits per heavy atom. The zero-order chi connectivity index (χ0) is 18.7. The number of rotatable bonds is 5. The second-order valence-electron chi connectivity index (χ2n) is 6.26. The normalized spacial score (nSPS) is 19.2. The molecule has 0 aromatic heterocycles. The molecule has 1 amide bonds. The van der Waals surface area contributed by atoms with E-state index < -0.39 is 17.7 Å². The highest BCUT2D eigenvalue weighted by molar-refractivity contribution is 6.46. The molecule has 26 heavy (non-hydrogen) atoms. The van der Waals surface area contributed by atoms with Crippen molar-refractivity contribution >= 4 is 29.1 Å². The molecule has 1 aliphatic rings. The molecule has 134 valence electrons. The average molecular weight is 370 g/mol. The third kappa shape index (κ3) is 3.37. The van der Waals surface area contributed by atoms with Crippen LogP contribution in [0.1, 0.15) is 36.9 Å². The van der Waals surface area contributed by atoms with Crippen molar-refractivity contribution in [3.05, 3.63) is 76.3 Å². The van der Waals surface area contributed by atoms with Crippen molar-refractivity contribution in [1.29, 1.82) is 0 Å². The van der Waals surface area contributed by atoms with Gasteiger partial charge in [0, 0.05) is 17.1 Å². The monoisotopic (exact) mass is 369 g/mol. The van der Waals surface area contributed by atoms with E-state index in [2.05, 4.69) is 0 Å². The summed E-state index contributed by atoms with van der Waals surface area (Å²) in [6.07, 6.45) is 1.68. The topological polar surface area (TPSA) is 57.6 Å². The number of benzene rings is 2. The van der Waals surface area contributed by atoms with Crippen LogP contribution in [-0.2, 0) is 9.59 Å². The van der Waals surface area contributed by atoms with Crippen LogP contribution in [0.5, 0.6) is 0 Å².